The van der Waals surface area contributed by atoms with Crippen LogP contribution in [0.15, 0.2) is 24.4 Å². The van der Waals surface area contributed by atoms with Crippen LogP contribution in [0, 0.1) is 0 Å². The van der Waals surface area contributed by atoms with Gasteiger partial charge in [-0.05, 0) is 30.7 Å². The molecule has 1 aliphatic rings. The molecule has 5 nitrogen and oxygen atoms in total. The molecule has 0 saturated heterocycles. The van der Waals surface area contributed by atoms with Gasteiger partial charge in [-0.2, -0.15) is 4.98 Å². The van der Waals surface area contributed by atoms with Crippen LogP contribution < -0.4 is 11.1 Å². The van der Waals surface area contributed by atoms with E-state index in [0.29, 0.717) is 5.95 Å². The van der Waals surface area contributed by atoms with E-state index in [1.165, 1.54) is 5.57 Å². The Hall–Kier alpha value is -1.88. The van der Waals surface area contributed by atoms with Crippen LogP contribution in [0.1, 0.15) is 12.0 Å². The lowest BCUT2D eigenvalue weighted by molar-refractivity contribution is 0.738. The van der Waals surface area contributed by atoms with Gasteiger partial charge in [0.2, 0.25) is 5.95 Å². The predicted octanol–water partition coefficient (Wildman–Crippen LogP) is 0.688. The molecule has 16 heavy (non-hydrogen) atoms. The number of nitrogen functional groups attached to an aromatic ring is 1. The third-order valence-electron chi connectivity index (χ3n) is 2.79. The van der Waals surface area contributed by atoms with E-state index < -0.39 is 0 Å². The molecule has 0 saturated carbocycles. The van der Waals surface area contributed by atoms with Gasteiger partial charge < -0.3 is 11.1 Å². The van der Waals surface area contributed by atoms with E-state index in [9.17, 15) is 0 Å². The average Bonchev–Trinajstić information content (AvgIpc) is 2.70. The van der Waals surface area contributed by atoms with Gasteiger partial charge in [0.25, 0.3) is 0 Å². The lowest BCUT2D eigenvalue weighted by Crippen LogP contribution is -2.20. The molecule has 0 atom stereocenters. The molecule has 0 fully saturated rings. The maximum Gasteiger partial charge on any atom is 0.240 e. The lowest BCUT2D eigenvalue weighted by atomic mass is 10.0. The van der Waals surface area contributed by atoms with E-state index in [4.69, 9.17) is 5.73 Å². The highest BCUT2D eigenvalue weighted by molar-refractivity contribution is 5.76. The Bertz CT molecular complexity index is 555. The van der Waals surface area contributed by atoms with Crippen molar-refractivity contribution in [3.8, 4) is 0 Å². The fourth-order valence-electron chi connectivity index (χ4n) is 2.04. The third kappa shape index (κ3) is 1.45. The normalized spacial score (nSPS) is 16.4. The van der Waals surface area contributed by atoms with Gasteiger partial charge in [0, 0.05) is 18.3 Å². The van der Waals surface area contributed by atoms with Crippen molar-refractivity contribution in [1.82, 2.24) is 19.9 Å². The number of fused-ring (bicyclic) bond motifs is 1. The number of nitrogens with two attached hydrogens (primary N) is 1. The molecular formula is C11H13N5. The highest BCUT2D eigenvalue weighted by atomic mass is 15.3. The highest BCUT2D eigenvalue weighted by Gasteiger charge is 2.11. The van der Waals surface area contributed by atoms with Gasteiger partial charge in [-0.25, -0.2) is 4.52 Å². The molecule has 0 spiro atoms. The van der Waals surface area contributed by atoms with Crippen LogP contribution in [0.5, 0.6) is 0 Å². The fraction of sp³-hybridized carbons (Fsp3) is 0.273. The quantitative estimate of drug-likeness (QED) is 0.734. The number of nitrogens with one attached hydrogen (secondary N) is 1. The Balaban J connectivity index is 2.18. The molecular weight excluding hydrogens is 202 g/mol. The molecule has 3 heterocycles. The largest absolute Gasteiger partial charge is 0.366 e. The molecule has 3 rings (SSSR count). The maximum atomic E-state index is 5.61. The summed E-state index contributed by atoms with van der Waals surface area (Å²) in [7, 11) is 0. The highest BCUT2D eigenvalue weighted by Crippen LogP contribution is 2.23. The zero-order valence-corrected chi connectivity index (χ0v) is 8.85. The minimum atomic E-state index is 0.321. The summed E-state index contributed by atoms with van der Waals surface area (Å²) in [5.74, 6) is 0.321. The molecule has 82 valence electrons. The number of hydrogen-bond donors (Lipinski definition) is 2. The van der Waals surface area contributed by atoms with Crippen molar-refractivity contribution in [2.45, 2.75) is 6.42 Å². The van der Waals surface area contributed by atoms with Crippen LogP contribution in [0.3, 0.4) is 0 Å². The van der Waals surface area contributed by atoms with Gasteiger partial charge in [0.05, 0.1) is 0 Å². The molecule has 0 unspecified atom stereocenters. The van der Waals surface area contributed by atoms with E-state index in [0.717, 1.165) is 30.7 Å². The predicted molar refractivity (Wildman–Crippen MR) is 62.9 cm³/mol. The SMILES string of the molecule is Nc1nc2c(C3=CCNCC3)cccn2n1. The van der Waals surface area contributed by atoms with Gasteiger partial charge in [-0.1, -0.05) is 6.08 Å². The molecule has 0 aliphatic carbocycles. The number of anilines is 1. The van der Waals surface area contributed by atoms with Crippen molar-refractivity contribution in [3.63, 3.8) is 0 Å². The van der Waals surface area contributed by atoms with E-state index in [2.05, 4.69) is 27.5 Å². The fourth-order valence-corrected chi connectivity index (χ4v) is 2.04. The second-order valence-electron chi connectivity index (χ2n) is 3.84. The molecule has 0 aromatic carbocycles. The van der Waals surface area contributed by atoms with Crippen molar-refractivity contribution in [2.75, 3.05) is 18.8 Å². The minimum absolute atomic E-state index is 0.321. The zero-order valence-electron chi connectivity index (χ0n) is 8.85. The van der Waals surface area contributed by atoms with Crippen molar-refractivity contribution in [3.05, 3.63) is 30.0 Å². The monoisotopic (exact) mass is 215 g/mol. The lowest BCUT2D eigenvalue weighted by Gasteiger charge is -2.14. The Morgan fingerprint density at radius 2 is 2.38 bits per heavy atom. The zero-order chi connectivity index (χ0) is 11.0. The molecule has 0 radical (unpaired) electrons. The van der Waals surface area contributed by atoms with Crippen LogP contribution in [-0.4, -0.2) is 27.7 Å². The molecule has 1 aliphatic heterocycles. The Morgan fingerprint density at radius 3 is 3.19 bits per heavy atom. The minimum Gasteiger partial charge on any atom is -0.366 e. The topological polar surface area (TPSA) is 68.2 Å². The van der Waals surface area contributed by atoms with Crippen LogP contribution in [0.4, 0.5) is 5.95 Å². The van der Waals surface area contributed by atoms with Crippen LogP contribution in [0.25, 0.3) is 11.2 Å². The molecule has 2 aromatic rings. The second-order valence-corrected chi connectivity index (χ2v) is 3.84. The summed E-state index contributed by atoms with van der Waals surface area (Å²) < 4.78 is 1.73. The smallest absolute Gasteiger partial charge is 0.240 e. The summed E-state index contributed by atoms with van der Waals surface area (Å²) in [4.78, 5) is 4.26. The summed E-state index contributed by atoms with van der Waals surface area (Å²) in [6, 6.07) is 4.04. The van der Waals surface area contributed by atoms with Gasteiger partial charge in [-0.15, -0.1) is 5.10 Å². The van der Waals surface area contributed by atoms with Crippen molar-refractivity contribution < 1.29 is 0 Å². The Kier molecular flexibility index (Phi) is 2.11. The van der Waals surface area contributed by atoms with Crippen molar-refractivity contribution in [2.24, 2.45) is 0 Å². The van der Waals surface area contributed by atoms with Gasteiger partial charge in [-0.3, -0.25) is 0 Å². The van der Waals surface area contributed by atoms with Crippen molar-refractivity contribution in [1.29, 1.82) is 0 Å². The summed E-state index contributed by atoms with van der Waals surface area (Å²) in [5.41, 5.74) is 8.90. The summed E-state index contributed by atoms with van der Waals surface area (Å²) in [6.07, 6.45) is 5.08. The molecule has 0 bridgehead atoms. The molecule has 2 aromatic heterocycles. The maximum absolute atomic E-state index is 5.61. The first-order chi connectivity index (χ1) is 7.84. The molecule has 5 heteroatoms. The number of nitrogens with zero attached hydrogens (tertiary/aromatic N) is 3. The number of hydrogen-bond acceptors (Lipinski definition) is 4. The van der Waals surface area contributed by atoms with Crippen LogP contribution in [-0.2, 0) is 0 Å². The van der Waals surface area contributed by atoms with Gasteiger partial charge >= 0.3 is 0 Å². The Morgan fingerprint density at radius 1 is 1.44 bits per heavy atom. The van der Waals surface area contributed by atoms with E-state index in [1.54, 1.807) is 4.52 Å². The van der Waals surface area contributed by atoms with E-state index in [1.807, 2.05) is 12.3 Å². The first-order valence-electron chi connectivity index (χ1n) is 5.35. The second kappa shape index (κ2) is 3.61. The Labute approximate surface area is 93.0 Å². The first kappa shape index (κ1) is 9.35. The summed E-state index contributed by atoms with van der Waals surface area (Å²) >= 11 is 0. The average molecular weight is 215 g/mol. The molecule has 0 amide bonds. The van der Waals surface area contributed by atoms with E-state index in [-0.39, 0.29) is 0 Å². The third-order valence-corrected chi connectivity index (χ3v) is 2.79. The standard InChI is InChI=1S/C11H13N5/c12-11-14-10-9(2-1-7-16(10)15-11)8-3-5-13-6-4-8/h1-3,7,13H,4-6H2,(H2,12,15). The number of rotatable bonds is 1. The molecule has 3 N–H and O–H groups in total. The number of aromatic nitrogens is 3. The first-order valence-corrected chi connectivity index (χ1v) is 5.35. The van der Waals surface area contributed by atoms with Crippen molar-refractivity contribution >= 4 is 17.2 Å². The van der Waals surface area contributed by atoms with Gasteiger partial charge in [0.1, 0.15) is 0 Å². The van der Waals surface area contributed by atoms with E-state index >= 15 is 0 Å². The van der Waals surface area contributed by atoms with Gasteiger partial charge in [0.15, 0.2) is 5.65 Å². The van der Waals surface area contributed by atoms with Crippen LogP contribution in [0.2, 0.25) is 0 Å². The summed E-state index contributed by atoms with van der Waals surface area (Å²) in [6.45, 7) is 1.93. The number of pyridine rings is 1. The van der Waals surface area contributed by atoms with Crippen LogP contribution >= 0.6 is 0 Å². The summed E-state index contributed by atoms with van der Waals surface area (Å²) in [5, 5.41) is 7.40.